The lowest BCUT2D eigenvalue weighted by atomic mass is 10.3. The van der Waals surface area contributed by atoms with Crippen LogP contribution in [0.1, 0.15) is 12.1 Å². The Bertz CT molecular complexity index is 308. The fraction of sp³-hybridized carbons (Fsp3) is 0.375. The average Bonchev–Trinajstić information content (AvgIpc) is 2.17. The zero-order chi connectivity index (χ0) is 10.7. The summed E-state index contributed by atoms with van der Waals surface area (Å²) in [5.41, 5.74) is -0.428. The number of alkyl halides is 2. The molecule has 1 rings (SSSR count). The standard InChI is InChI=1S/C8H8ClF2NO2/c1-13-5-3-4(7(10)11)12-8(14-2)6(5)9/h3,7H,1-2H3. The number of pyridine rings is 1. The molecule has 1 aromatic rings. The third-order valence-corrected chi connectivity index (χ3v) is 1.90. The van der Waals surface area contributed by atoms with Gasteiger partial charge in [0.05, 0.1) is 14.2 Å². The highest BCUT2D eigenvalue weighted by molar-refractivity contribution is 6.33. The Hall–Kier alpha value is -1.10. The third kappa shape index (κ3) is 2.04. The molecule has 0 aliphatic rings. The Balaban J connectivity index is 3.25. The number of nitrogens with zero attached hydrogens (tertiary/aromatic N) is 1. The lowest BCUT2D eigenvalue weighted by molar-refractivity contribution is 0.144. The topological polar surface area (TPSA) is 31.4 Å². The number of halogens is 3. The van der Waals surface area contributed by atoms with Crippen LogP contribution in [0.4, 0.5) is 8.78 Å². The van der Waals surface area contributed by atoms with Gasteiger partial charge in [-0.3, -0.25) is 0 Å². The highest BCUT2D eigenvalue weighted by atomic mass is 35.5. The van der Waals surface area contributed by atoms with Gasteiger partial charge in [-0.15, -0.1) is 0 Å². The molecule has 0 aliphatic carbocycles. The normalized spacial score (nSPS) is 10.4. The van der Waals surface area contributed by atoms with Gasteiger partial charge >= 0.3 is 0 Å². The SMILES string of the molecule is COc1cc(C(F)F)nc(OC)c1Cl. The van der Waals surface area contributed by atoms with Crippen LogP contribution in [0, 0.1) is 0 Å². The number of hydrogen-bond donors (Lipinski definition) is 0. The fourth-order valence-corrected chi connectivity index (χ4v) is 1.15. The minimum Gasteiger partial charge on any atom is -0.495 e. The predicted octanol–water partition coefficient (Wildman–Crippen LogP) is 2.69. The second-order valence-corrected chi connectivity index (χ2v) is 2.75. The van der Waals surface area contributed by atoms with E-state index in [4.69, 9.17) is 21.1 Å². The highest BCUT2D eigenvalue weighted by Crippen LogP contribution is 2.35. The lowest BCUT2D eigenvalue weighted by Gasteiger charge is -2.09. The van der Waals surface area contributed by atoms with Gasteiger partial charge in [-0.2, -0.15) is 0 Å². The molecule has 0 saturated carbocycles. The zero-order valence-corrected chi connectivity index (χ0v) is 8.31. The van der Waals surface area contributed by atoms with E-state index in [1.54, 1.807) is 0 Å². The average molecular weight is 224 g/mol. The van der Waals surface area contributed by atoms with E-state index in [0.29, 0.717) is 0 Å². The maximum atomic E-state index is 12.3. The molecule has 14 heavy (non-hydrogen) atoms. The van der Waals surface area contributed by atoms with E-state index in [9.17, 15) is 8.78 Å². The molecule has 0 atom stereocenters. The first-order valence-corrected chi connectivity index (χ1v) is 4.04. The van der Waals surface area contributed by atoms with Crippen molar-refractivity contribution in [3.05, 3.63) is 16.8 Å². The van der Waals surface area contributed by atoms with E-state index >= 15 is 0 Å². The number of aromatic nitrogens is 1. The molecule has 1 aromatic heterocycles. The van der Waals surface area contributed by atoms with Crippen molar-refractivity contribution in [2.75, 3.05) is 14.2 Å². The Morgan fingerprint density at radius 2 is 2.00 bits per heavy atom. The summed E-state index contributed by atoms with van der Waals surface area (Å²) in [4.78, 5) is 3.51. The molecule has 0 bridgehead atoms. The number of hydrogen-bond acceptors (Lipinski definition) is 3. The fourth-order valence-electron chi connectivity index (χ4n) is 0.897. The molecule has 3 nitrogen and oxygen atoms in total. The quantitative estimate of drug-likeness (QED) is 0.790. The van der Waals surface area contributed by atoms with Crippen LogP contribution in [0.25, 0.3) is 0 Å². The van der Waals surface area contributed by atoms with Crippen molar-refractivity contribution >= 4 is 11.6 Å². The predicted molar refractivity (Wildman–Crippen MR) is 47.3 cm³/mol. The first-order valence-electron chi connectivity index (χ1n) is 3.66. The van der Waals surface area contributed by atoms with Crippen molar-refractivity contribution in [3.8, 4) is 11.6 Å². The first-order chi connectivity index (χ1) is 6.60. The second kappa shape index (κ2) is 4.41. The van der Waals surface area contributed by atoms with Gasteiger partial charge in [-0.05, 0) is 0 Å². The molecule has 1 heterocycles. The molecule has 6 heteroatoms. The van der Waals surface area contributed by atoms with Crippen molar-refractivity contribution < 1.29 is 18.3 Å². The van der Waals surface area contributed by atoms with Gasteiger partial charge in [-0.25, -0.2) is 13.8 Å². The second-order valence-electron chi connectivity index (χ2n) is 2.37. The Kier molecular flexibility index (Phi) is 3.46. The summed E-state index contributed by atoms with van der Waals surface area (Å²) in [7, 11) is 2.62. The highest BCUT2D eigenvalue weighted by Gasteiger charge is 2.17. The smallest absolute Gasteiger partial charge is 0.280 e. The molecule has 0 aromatic carbocycles. The minimum absolute atomic E-state index is 0.0682. The van der Waals surface area contributed by atoms with E-state index in [2.05, 4.69) is 4.98 Å². The molecule has 0 fully saturated rings. The summed E-state index contributed by atoms with van der Waals surface area (Å²) >= 11 is 5.73. The maximum absolute atomic E-state index is 12.3. The summed E-state index contributed by atoms with van der Waals surface area (Å²) in [6.07, 6.45) is -2.69. The van der Waals surface area contributed by atoms with Gasteiger partial charge in [0, 0.05) is 6.07 Å². The van der Waals surface area contributed by atoms with Crippen LogP contribution in [0.15, 0.2) is 6.07 Å². The largest absolute Gasteiger partial charge is 0.495 e. The van der Waals surface area contributed by atoms with E-state index < -0.39 is 12.1 Å². The Morgan fingerprint density at radius 3 is 2.43 bits per heavy atom. The van der Waals surface area contributed by atoms with Crippen LogP contribution >= 0.6 is 11.6 Å². The van der Waals surface area contributed by atoms with Gasteiger partial charge in [-0.1, -0.05) is 11.6 Å². The monoisotopic (exact) mass is 223 g/mol. The first kappa shape index (κ1) is 11.0. The van der Waals surface area contributed by atoms with Crippen LogP contribution in [-0.4, -0.2) is 19.2 Å². The minimum atomic E-state index is -2.69. The van der Waals surface area contributed by atoms with Gasteiger partial charge < -0.3 is 9.47 Å². The van der Waals surface area contributed by atoms with Crippen molar-refractivity contribution in [3.63, 3.8) is 0 Å². The summed E-state index contributed by atoms with van der Waals surface area (Å²) in [6, 6.07) is 1.08. The summed E-state index contributed by atoms with van der Waals surface area (Å²) in [6.45, 7) is 0. The molecule has 0 radical (unpaired) electrons. The molecular formula is C8H8ClF2NO2. The maximum Gasteiger partial charge on any atom is 0.280 e. The van der Waals surface area contributed by atoms with Crippen molar-refractivity contribution in [1.82, 2.24) is 4.98 Å². The molecule has 0 unspecified atom stereocenters. The van der Waals surface area contributed by atoms with E-state index in [-0.39, 0.29) is 16.7 Å². The Morgan fingerprint density at radius 1 is 1.36 bits per heavy atom. The molecule has 0 spiro atoms. The van der Waals surface area contributed by atoms with Crippen molar-refractivity contribution in [1.29, 1.82) is 0 Å². The molecule has 0 amide bonds. The molecule has 0 N–H and O–H groups in total. The van der Waals surface area contributed by atoms with Crippen molar-refractivity contribution in [2.45, 2.75) is 6.43 Å². The molecule has 0 aliphatic heterocycles. The van der Waals surface area contributed by atoms with E-state index in [1.165, 1.54) is 14.2 Å². The van der Waals surface area contributed by atoms with Gasteiger partial charge in [0.25, 0.3) is 6.43 Å². The Labute approximate surface area is 84.6 Å². The number of ether oxygens (including phenoxy) is 2. The van der Waals surface area contributed by atoms with Gasteiger partial charge in [0.1, 0.15) is 16.5 Å². The zero-order valence-electron chi connectivity index (χ0n) is 7.55. The number of rotatable bonds is 3. The lowest BCUT2D eigenvalue weighted by Crippen LogP contribution is -1.98. The van der Waals surface area contributed by atoms with Crippen LogP contribution in [0.5, 0.6) is 11.6 Å². The van der Waals surface area contributed by atoms with Crippen LogP contribution in [0.2, 0.25) is 5.02 Å². The van der Waals surface area contributed by atoms with Crippen molar-refractivity contribution in [2.24, 2.45) is 0 Å². The molecule has 0 saturated heterocycles. The van der Waals surface area contributed by atoms with Crippen LogP contribution in [-0.2, 0) is 0 Å². The molecular weight excluding hydrogens is 216 g/mol. The van der Waals surface area contributed by atoms with Crippen LogP contribution < -0.4 is 9.47 Å². The van der Waals surface area contributed by atoms with E-state index in [1.807, 2.05) is 0 Å². The molecule has 78 valence electrons. The summed E-state index contributed by atoms with van der Waals surface area (Å²) in [5, 5.41) is 0.0828. The van der Waals surface area contributed by atoms with Gasteiger partial charge in [0.2, 0.25) is 5.88 Å². The van der Waals surface area contributed by atoms with Gasteiger partial charge in [0.15, 0.2) is 0 Å². The summed E-state index contributed by atoms with van der Waals surface area (Å²) < 4.78 is 34.1. The van der Waals surface area contributed by atoms with E-state index in [0.717, 1.165) is 6.07 Å². The van der Waals surface area contributed by atoms with Crippen LogP contribution in [0.3, 0.4) is 0 Å². The third-order valence-electron chi connectivity index (χ3n) is 1.55. The summed E-state index contributed by atoms with van der Waals surface area (Å²) in [5.74, 6) is 0.0510. The number of methoxy groups -OCH3 is 2.